The normalized spacial score (nSPS) is 15.9. The topological polar surface area (TPSA) is 72.2 Å². The van der Waals surface area contributed by atoms with Crippen LogP contribution in [-0.4, -0.2) is 37.3 Å². The van der Waals surface area contributed by atoms with E-state index in [0.29, 0.717) is 17.5 Å². The lowest BCUT2D eigenvalue weighted by atomic mass is 9.97. The van der Waals surface area contributed by atoms with Crippen molar-refractivity contribution in [3.63, 3.8) is 0 Å². The van der Waals surface area contributed by atoms with Crippen LogP contribution in [0.4, 0.5) is 0 Å². The lowest BCUT2D eigenvalue weighted by molar-refractivity contribution is -0.120. The summed E-state index contributed by atoms with van der Waals surface area (Å²) >= 11 is 1.42. The summed E-state index contributed by atoms with van der Waals surface area (Å²) in [5.74, 6) is 0.618. The van der Waals surface area contributed by atoms with Gasteiger partial charge in [-0.05, 0) is 58.9 Å². The maximum absolute atomic E-state index is 12.4. The van der Waals surface area contributed by atoms with Crippen molar-refractivity contribution in [1.29, 1.82) is 0 Å². The Bertz CT molecular complexity index is 798. The molecule has 1 amide bonds. The van der Waals surface area contributed by atoms with Gasteiger partial charge in [-0.2, -0.15) is 0 Å². The van der Waals surface area contributed by atoms with Crippen LogP contribution in [0.3, 0.4) is 0 Å². The maximum Gasteiger partial charge on any atom is 0.256 e. The number of hydrogen-bond donors (Lipinski definition) is 1. The van der Waals surface area contributed by atoms with Crippen molar-refractivity contribution in [2.45, 2.75) is 63.3 Å². The minimum absolute atomic E-state index is 0.0379. The Hall–Kier alpha value is -1.89. The first-order valence-corrected chi connectivity index (χ1v) is 9.74. The van der Waals surface area contributed by atoms with Gasteiger partial charge in [0.25, 0.3) is 5.78 Å². The van der Waals surface area contributed by atoms with Crippen LogP contribution in [0.15, 0.2) is 22.9 Å². The SMILES string of the molecule is Cc1cc(C)n2c(S[C@@H](C)C(=O)NCCC3=CCCCC3)nnc2n1. The zero-order valence-corrected chi connectivity index (χ0v) is 15.9. The quantitative estimate of drug-likeness (QED) is 0.633. The van der Waals surface area contributed by atoms with Gasteiger partial charge in [0.2, 0.25) is 5.91 Å². The molecular formula is C18H25N5OS. The van der Waals surface area contributed by atoms with Crippen LogP contribution in [0, 0.1) is 13.8 Å². The molecule has 1 aliphatic carbocycles. The Kier molecular flexibility index (Phi) is 5.73. The molecule has 0 saturated carbocycles. The lowest BCUT2D eigenvalue weighted by Gasteiger charge is -2.14. The third kappa shape index (κ3) is 4.39. The average molecular weight is 359 g/mol. The van der Waals surface area contributed by atoms with Crippen LogP contribution in [0.5, 0.6) is 0 Å². The van der Waals surface area contributed by atoms with Gasteiger partial charge >= 0.3 is 0 Å². The molecular weight excluding hydrogens is 334 g/mol. The standard InChI is InChI=1S/C18H25N5OS/c1-12-11-13(2)23-17(20-12)21-22-18(23)25-14(3)16(24)19-10-9-15-7-5-4-6-8-15/h7,11,14H,4-6,8-10H2,1-3H3,(H,19,24)/t14-/m0/s1. The van der Waals surface area contributed by atoms with E-state index < -0.39 is 0 Å². The van der Waals surface area contributed by atoms with Gasteiger partial charge in [-0.15, -0.1) is 10.2 Å². The van der Waals surface area contributed by atoms with Gasteiger partial charge < -0.3 is 5.32 Å². The third-order valence-electron chi connectivity index (χ3n) is 4.44. The Morgan fingerprint density at radius 2 is 2.20 bits per heavy atom. The summed E-state index contributed by atoms with van der Waals surface area (Å²) in [6.45, 7) is 6.54. The molecule has 2 aromatic heterocycles. The van der Waals surface area contributed by atoms with Crippen molar-refractivity contribution in [2.24, 2.45) is 0 Å². The molecule has 0 bridgehead atoms. The number of fused-ring (bicyclic) bond motifs is 1. The molecule has 6 nitrogen and oxygen atoms in total. The largest absolute Gasteiger partial charge is 0.355 e. The summed E-state index contributed by atoms with van der Waals surface area (Å²) in [7, 11) is 0. The molecule has 0 unspecified atom stereocenters. The van der Waals surface area contributed by atoms with E-state index in [-0.39, 0.29) is 11.2 Å². The van der Waals surface area contributed by atoms with Crippen molar-refractivity contribution in [2.75, 3.05) is 6.54 Å². The Labute approximate surface area is 152 Å². The number of rotatable bonds is 6. The van der Waals surface area contributed by atoms with Gasteiger partial charge in [-0.1, -0.05) is 23.4 Å². The predicted octanol–water partition coefficient (Wildman–Crippen LogP) is 3.23. The summed E-state index contributed by atoms with van der Waals surface area (Å²) in [5, 5.41) is 11.8. The van der Waals surface area contributed by atoms with Crippen molar-refractivity contribution in [1.82, 2.24) is 24.9 Å². The van der Waals surface area contributed by atoms with Crippen LogP contribution in [-0.2, 0) is 4.79 Å². The highest BCUT2D eigenvalue weighted by Crippen LogP contribution is 2.23. The Morgan fingerprint density at radius 3 is 2.96 bits per heavy atom. The van der Waals surface area contributed by atoms with Crippen LogP contribution < -0.4 is 5.32 Å². The van der Waals surface area contributed by atoms with Crippen LogP contribution in [0.2, 0.25) is 0 Å². The summed E-state index contributed by atoms with van der Waals surface area (Å²) < 4.78 is 1.90. The van der Waals surface area contributed by atoms with Crippen molar-refractivity contribution < 1.29 is 4.79 Å². The Balaban J connectivity index is 1.57. The highest BCUT2D eigenvalue weighted by atomic mass is 32.2. The number of thioether (sulfide) groups is 1. The molecule has 0 aliphatic heterocycles. The van der Waals surface area contributed by atoms with Crippen LogP contribution >= 0.6 is 11.8 Å². The number of allylic oxidation sites excluding steroid dienone is 1. The van der Waals surface area contributed by atoms with E-state index in [2.05, 4.69) is 26.6 Å². The Morgan fingerprint density at radius 1 is 1.36 bits per heavy atom. The fourth-order valence-electron chi connectivity index (χ4n) is 3.11. The zero-order chi connectivity index (χ0) is 17.8. The molecule has 0 aromatic carbocycles. The van der Waals surface area contributed by atoms with Crippen molar-refractivity contribution >= 4 is 23.4 Å². The minimum atomic E-state index is -0.228. The number of carbonyl (C=O) groups excluding carboxylic acids is 1. The number of nitrogens with one attached hydrogen (secondary N) is 1. The van der Waals surface area contributed by atoms with E-state index in [1.165, 1.54) is 43.0 Å². The smallest absolute Gasteiger partial charge is 0.256 e. The van der Waals surface area contributed by atoms with Gasteiger partial charge in [0, 0.05) is 17.9 Å². The van der Waals surface area contributed by atoms with E-state index >= 15 is 0 Å². The maximum atomic E-state index is 12.4. The average Bonchev–Trinajstić information content (AvgIpc) is 2.98. The predicted molar refractivity (Wildman–Crippen MR) is 99.8 cm³/mol. The first-order chi connectivity index (χ1) is 12.0. The van der Waals surface area contributed by atoms with E-state index in [1.54, 1.807) is 0 Å². The molecule has 1 N–H and O–H groups in total. The van der Waals surface area contributed by atoms with Crippen molar-refractivity contribution in [3.05, 3.63) is 29.1 Å². The first kappa shape index (κ1) is 17.9. The molecule has 0 fully saturated rings. The second kappa shape index (κ2) is 7.99. The fourth-order valence-corrected chi connectivity index (χ4v) is 4.04. The van der Waals surface area contributed by atoms with E-state index in [4.69, 9.17) is 0 Å². The lowest BCUT2D eigenvalue weighted by Crippen LogP contribution is -2.32. The number of hydrogen-bond acceptors (Lipinski definition) is 5. The molecule has 7 heteroatoms. The van der Waals surface area contributed by atoms with E-state index in [9.17, 15) is 4.79 Å². The molecule has 1 atom stereocenters. The first-order valence-electron chi connectivity index (χ1n) is 8.86. The highest BCUT2D eigenvalue weighted by Gasteiger charge is 2.19. The van der Waals surface area contributed by atoms with Gasteiger partial charge in [-0.3, -0.25) is 9.20 Å². The van der Waals surface area contributed by atoms with Gasteiger partial charge in [-0.25, -0.2) is 4.98 Å². The van der Waals surface area contributed by atoms with Crippen LogP contribution in [0.1, 0.15) is 50.4 Å². The van der Waals surface area contributed by atoms with Gasteiger partial charge in [0.05, 0.1) is 5.25 Å². The number of carbonyl (C=O) groups is 1. The van der Waals surface area contributed by atoms with Gasteiger partial charge in [0.15, 0.2) is 5.16 Å². The second-order valence-electron chi connectivity index (χ2n) is 6.57. The monoisotopic (exact) mass is 359 g/mol. The zero-order valence-electron chi connectivity index (χ0n) is 15.1. The molecule has 2 heterocycles. The molecule has 25 heavy (non-hydrogen) atoms. The number of amides is 1. The molecule has 2 aromatic rings. The molecule has 0 spiro atoms. The van der Waals surface area contributed by atoms with E-state index in [1.807, 2.05) is 31.2 Å². The number of aryl methyl sites for hydroxylation is 2. The second-order valence-corrected chi connectivity index (χ2v) is 7.87. The summed E-state index contributed by atoms with van der Waals surface area (Å²) in [4.78, 5) is 16.7. The van der Waals surface area contributed by atoms with Crippen molar-refractivity contribution in [3.8, 4) is 0 Å². The highest BCUT2D eigenvalue weighted by molar-refractivity contribution is 8.00. The number of aromatic nitrogens is 4. The fraction of sp³-hybridized carbons (Fsp3) is 0.556. The van der Waals surface area contributed by atoms with Crippen LogP contribution in [0.25, 0.3) is 5.78 Å². The number of nitrogens with zero attached hydrogens (tertiary/aromatic N) is 4. The third-order valence-corrected chi connectivity index (χ3v) is 5.49. The summed E-state index contributed by atoms with van der Waals surface area (Å²) in [5.41, 5.74) is 3.41. The molecule has 134 valence electrons. The molecule has 3 rings (SSSR count). The summed E-state index contributed by atoms with van der Waals surface area (Å²) in [6.07, 6.45) is 8.22. The molecule has 0 radical (unpaired) electrons. The van der Waals surface area contributed by atoms with Gasteiger partial charge in [0.1, 0.15) is 0 Å². The molecule has 1 aliphatic rings. The summed E-state index contributed by atoms with van der Waals surface area (Å²) in [6, 6.07) is 1.99. The van der Waals surface area contributed by atoms with E-state index in [0.717, 1.165) is 17.8 Å². The molecule has 0 saturated heterocycles. The minimum Gasteiger partial charge on any atom is -0.355 e.